The van der Waals surface area contributed by atoms with Gasteiger partial charge in [0.15, 0.2) is 0 Å². The zero-order valence-corrected chi connectivity index (χ0v) is 15.1. The van der Waals surface area contributed by atoms with E-state index >= 15 is 0 Å². The maximum atomic E-state index is 12.1. The van der Waals surface area contributed by atoms with E-state index in [1.807, 2.05) is 31.2 Å². The molecule has 1 fully saturated rings. The molecule has 2 amide bonds. The van der Waals surface area contributed by atoms with Gasteiger partial charge >= 0.3 is 0 Å². The second-order valence-electron chi connectivity index (χ2n) is 6.37. The molecule has 2 heterocycles. The second kappa shape index (κ2) is 8.27. The van der Waals surface area contributed by atoms with Crippen LogP contribution in [0.3, 0.4) is 0 Å². The average molecular weight is 357 g/mol. The van der Waals surface area contributed by atoms with Gasteiger partial charge in [-0.3, -0.25) is 14.5 Å². The number of thiophene rings is 1. The van der Waals surface area contributed by atoms with Crippen molar-refractivity contribution in [3.63, 3.8) is 0 Å². The van der Waals surface area contributed by atoms with Crippen molar-refractivity contribution in [3.05, 3.63) is 57.8 Å². The Hall–Kier alpha value is -2.18. The van der Waals surface area contributed by atoms with Gasteiger partial charge < -0.3 is 10.6 Å². The third-order valence-corrected chi connectivity index (χ3v) is 5.26. The fraction of sp³-hybridized carbons (Fsp3) is 0.368. The third-order valence-electron chi connectivity index (χ3n) is 4.26. The van der Waals surface area contributed by atoms with Gasteiger partial charge in [0.25, 0.3) is 5.91 Å². The molecule has 0 aliphatic carbocycles. The Labute approximate surface area is 152 Å². The molecule has 0 spiro atoms. The quantitative estimate of drug-likeness (QED) is 0.833. The fourth-order valence-electron chi connectivity index (χ4n) is 3.02. The smallest absolute Gasteiger partial charge is 0.261 e. The van der Waals surface area contributed by atoms with E-state index in [9.17, 15) is 9.59 Å². The molecule has 1 aromatic carbocycles. The number of nitrogens with one attached hydrogen (secondary N) is 2. The van der Waals surface area contributed by atoms with Crippen LogP contribution in [-0.2, 0) is 11.3 Å². The van der Waals surface area contributed by atoms with E-state index in [2.05, 4.69) is 27.7 Å². The summed E-state index contributed by atoms with van der Waals surface area (Å²) in [7, 11) is 0. The van der Waals surface area contributed by atoms with Gasteiger partial charge in [0.05, 0.1) is 11.4 Å². The molecule has 2 N–H and O–H groups in total. The lowest BCUT2D eigenvalue weighted by Crippen LogP contribution is -2.43. The summed E-state index contributed by atoms with van der Waals surface area (Å²) in [5.41, 5.74) is 1.29. The number of aryl methyl sites for hydroxylation is 1. The summed E-state index contributed by atoms with van der Waals surface area (Å²) in [6.45, 7) is 4.70. The van der Waals surface area contributed by atoms with Crippen LogP contribution in [0.15, 0.2) is 42.5 Å². The van der Waals surface area contributed by atoms with Gasteiger partial charge in [0, 0.05) is 30.6 Å². The van der Waals surface area contributed by atoms with Crippen molar-refractivity contribution in [2.75, 3.05) is 19.6 Å². The van der Waals surface area contributed by atoms with Crippen LogP contribution in [-0.4, -0.2) is 42.4 Å². The van der Waals surface area contributed by atoms with Crippen molar-refractivity contribution in [2.24, 2.45) is 0 Å². The molecule has 0 bridgehead atoms. The lowest BCUT2D eigenvalue weighted by molar-refractivity contribution is -0.120. The summed E-state index contributed by atoms with van der Waals surface area (Å²) in [6, 6.07) is 14.2. The number of benzene rings is 1. The minimum atomic E-state index is -0.189. The van der Waals surface area contributed by atoms with Crippen molar-refractivity contribution in [3.8, 4) is 0 Å². The minimum absolute atomic E-state index is 0.0188. The number of nitrogens with zero attached hydrogens (tertiary/aromatic N) is 1. The van der Waals surface area contributed by atoms with Gasteiger partial charge in [0.2, 0.25) is 5.91 Å². The highest BCUT2D eigenvalue weighted by Crippen LogP contribution is 2.15. The van der Waals surface area contributed by atoms with Crippen LogP contribution in [0.5, 0.6) is 0 Å². The lowest BCUT2D eigenvalue weighted by Gasteiger charge is -2.17. The number of rotatable bonds is 6. The van der Waals surface area contributed by atoms with E-state index in [1.54, 1.807) is 6.07 Å². The van der Waals surface area contributed by atoms with Crippen LogP contribution in [0.1, 0.15) is 26.5 Å². The van der Waals surface area contributed by atoms with Crippen LogP contribution in [0.4, 0.5) is 0 Å². The van der Waals surface area contributed by atoms with Crippen LogP contribution in [0, 0.1) is 6.92 Å². The monoisotopic (exact) mass is 357 g/mol. The molecule has 1 saturated heterocycles. The maximum absolute atomic E-state index is 12.1. The number of carbonyl (C=O) groups is 2. The molecule has 1 atom stereocenters. The fourth-order valence-corrected chi connectivity index (χ4v) is 3.80. The average Bonchev–Trinajstić information content (AvgIpc) is 3.23. The Morgan fingerprint density at radius 1 is 1.20 bits per heavy atom. The van der Waals surface area contributed by atoms with Crippen molar-refractivity contribution in [2.45, 2.75) is 25.9 Å². The molecule has 1 aliphatic rings. The SMILES string of the molecule is Cc1ccc(C(=O)NCC(=O)NC2CCN(Cc3ccccc3)C2)s1. The summed E-state index contributed by atoms with van der Waals surface area (Å²) in [5.74, 6) is -0.321. The van der Waals surface area contributed by atoms with Gasteiger partial charge in [-0.2, -0.15) is 0 Å². The third kappa shape index (κ3) is 5.14. The Morgan fingerprint density at radius 3 is 2.72 bits per heavy atom. The van der Waals surface area contributed by atoms with E-state index < -0.39 is 0 Å². The second-order valence-corrected chi connectivity index (χ2v) is 7.65. The molecule has 2 aromatic rings. The first-order valence-electron chi connectivity index (χ1n) is 8.50. The number of amides is 2. The van der Waals surface area contributed by atoms with Crippen molar-refractivity contribution >= 4 is 23.2 Å². The van der Waals surface area contributed by atoms with Gasteiger partial charge in [0.1, 0.15) is 0 Å². The largest absolute Gasteiger partial charge is 0.350 e. The molecule has 3 rings (SSSR count). The summed E-state index contributed by atoms with van der Waals surface area (Å²) in [4.78, 5) is 28.1. The highest BCUT2D eigenvalue weighted by atomic mass is 32.1. The first-order valence-corrected chi connectivity index (χ1v) is 9.32. The van der Waals surface area contributed by atoms with Gasteiger partial charge in [-0.25, -0.2) is 0 Å². The van der Waals surface area contributed by atoms with Crippen LogP contribution in [0.25, 0.3) is 0 Å². The number of hydrogen-bond acceptors (Lipinski definition) is 4. The van der Waals surface area contributed by atoms with Crippen LogP contribution in [0.2, 0.25) is 0 Å². The van der Waals surface area contributed by atoms with Gasteiger partial charge in [-0.1, -0.05) is 30.3 Å². The zero-order chi connectivity index (χ0) is 17.6. The molecular weight excluding hydrogens is 334 g/mol. The topological polar surface area (TPSA) is 61.4 Å². The lowest BCUT2D eigenvalue weighted by atomic mass is 10.2. The van der Waals surface area contributed by atoms with Crippen molar-refractivity contribution in [1.29, 1.82) is 0 Å². The van der Waals surface area contributed by atoms with E-state index in [0.29, 0.717) is 4.88 Å². The minimum Gasteiger partial charge on any atom is -0.350 e. The zero-order valence-electron chi connectivity index (χ0n) is 14.3. The standard InChI is InChI=1S/C19H23N3O2S/c1-14-7-8-17(25-14)19(24)20-11-18(23)21-16-9-10-22(13-16)12-15-5-3-2-4-6-15/h2-8,16H,9-13H2,1H3,(H,20,24)(H,21,23). The molecule has 1 unspecified atom stereocenters. The van der Waals surface area contributed by atoms with E-state index in [-0.39, 0.29) is 24.4 Å². The first kappa shape index (κ1) is 17.6. The summed E-state index contributed by atoms with van der Waals surface area (Å²) >= 11 is 1.43. The van der Waals surface area contributed by atoms with Crippen molar-refractivity contribution < 1.29 is 9.59 Å². The summed E-state index contributed by atoms with van der Waals surface area (Å²) in [6.07, 6.45) is 0.941. The molecule has 5 nitrogen and oxygen atoms in total. The highest BCUT2D eigenvalue weighted by Gasteiger charge is 2.23. The molecular formula is C19H23N3O2S. The summed E-state index contributed by atoms with van der Waals surface area (Å²) < 4.78 is 0. The number of likely N-dealkylation sites (tertiary alicyclic amines) is 1. The predicted octanol–water partition coefficient (Wildman–Crippen LogP) is 2.18. The molecule has 0 saturated carbocycles. The van der Waals surface area contributed by atoms with Gasteiger partial charge in [-0.05, 0) is 31.0 Å². The highest BCUT2D eigenvalue weighted by molar-refractivity contribution is 7.13. The summed E-state index contributed by atoms with van der Waals surface area (Å²) in [5, 5.41) is 5.70. The Bertz CT molecular complexity index is 729. The van der Waals surface area contributed by atoms with E-state index in [0.717, 1.165) is 30.9 Å². The Morgan fingerprint density at radius 2 is 2.00 bits per heavy atom. The molecule has 132 valence electrons. The molecule has 25 heavy (non-hydrogen) atoms. The van der Waals surface area contributed by atoms with Crippen molar-refractivity contribution in [1.82, 2.24) is 15.5 Å². The molecule has 6 heteroatoms. The molecule has 0 radical (unpaired) electrons. The van der Waals surface area contributed by atoms with E-state index in [4.69, 9.17) is 0 Å². The predicted molar refractivity (Wildman–Crippen MR) is 99.7 cm³/mol. The Balaban J connectivity index is 1.39. The van der Waals surface area contributed by atoms with Gasteiger partial charge in [-0.15, -0.1) is 11.3 Å². The number of carbonyl (C=O) groups excluding carboxylic acids is 2. The van der Waals surface area contributed by atoms with Crippen LogP contribution < -0.4 is 10.6 Å². The van der Waals surface area contributed by atoms with E-state index in [1.165, 1.54) is 16.9 Å². The molecule has 1 aliphatic heterocycles. The van der Waals surface area contributed by atoms with Crippen LogP contribution >= 0.6 is 11.3 Å². The normalized spacial score (nSPS) is 17.4. The number of hydrogen-bond donors (Lipinski definition) is 2. The Kier molecular flexibility index (Phi) is 5.83. The maximum Gasteiger partial charge on any atom is 0.261 e. The molecule has 1 aromatic heterocycles. The first-order chi connectivity index (χ1) is 12.1.